The Morgan fingerprint density at radius 1 is 1.45 bits per heavy atom. The molecule has 20 heavy (non-hydrogen) atoms. The monoisotopic (exact) mass is 293 g/mol. The minimum absolute atomic E-state index is 0.0844. The number of nitrogens with zero attached hydrogens (tertiary/aromatic N) is 2. The van der Waals surface area contributed by atoms with Crippen LogP contribution in [-0.2, 0) is 13.1 Å². The number of anilines is 1. The van der Waals surface area contributed by atoms with E-state index in [1.807, 2.05) is 25.1 Å². The van der Waals surface area contributed by atoms with E-state index in [4.69, 9.17) is 16.7 Å². The summed E-state index contributed by atoms with van der Waals surface area (Å²) in [4.78, 5) is 11.9. The molecule has 5 nitrogen and oxygen atoms in total. The van der Waals surface area contributed by atoms with Crippen molar-refractivity contribution in [3.63, 3.8) is 0 Å². The third-order valence-electron chi connectivity index (χ3n) is 2.86. The van der Waals surface area contributed by atoms with Crippen LogP contribution in [-0.4, -0.2) is 21.5 Å². The molecule has 0 aliphatic heterocycles. The number of aryl methyl sites for hydroxylation is 1. The van der Waals surface area contributed by atoms with E-state index in [1.54, 1.807) is 0 Å². The lowest BCUT2D eigenvalue weighted by molar-refractivity contribution is 0.266. The van der Waals surface area contributed by atoms with Crippen molar-refractivity contribution in [3.8, 4) is 0 Å². The Balaban J connectivity index is 2.14. The fraction of sp³-hybridized carbons (Fsp3) is 0.286. The highest BCUT2D eigenvalue weighted by Crippen LogP contribution is 2.16. The zero-order chi connectivity index (χ0) is 14.5. The van der Waals surface area contributed by atoms with Gasteiger partial charge in [0.25, 0.3) is 5.56 Å². The molecule has 0 amide bonds. The summed E-state index contributed by atoms with van der Waals surface area (Å²) >= 11 is 6.01. The van der Waals surface area contributed by atoms with Gasteiger partial charge in [-0.3, -0.25) is 4.79 Å². The summed E-state index contributed by atoms with van der Waals surface area (Å²) < 4.78 is 1.14. The second kappa shape index (κ2) is 6.54. The maximum Gasteiger partial charge on any atom is 0.287 e. The minimum Gasteiger partial charge on any atom is -0.394 e. The number of aliphatic hydroxyl groups is 1. The fourth-order valence-corrected chi connectivity index (χ4v) is 2.07. The third kappa shape index (κ3) is 3.37. The summed E-state index contributed by atoms with van der Waals surface area (Å²) in [7, 11) is 0. The maximum absolute atomic E-state index is 11.9. The van der Waals surface area contributed by atoms with Crippen molar-refractivity contribution in [1.29, 1.82) is 0 Å². The van der Waals surface area contributed by atoms with E-state index < -0.39 is 5.56 Å². The van der Waals surface area contributed by atoms with Gasteiger partial charge in [-0.05, 0) is 12.5 Å². The van der Waals surface area contributed by atoms with Crippen molar-refractivity contribution in [2.45, 2.75) is 20.0 Å². The summed E-state index contributed by atoms with van der Waals surface area (Å²) in [5, 5.41) is 16.0. The van der Waals surface area contributed by atoms with Crippen LogP contribution in [0.4, 0.5) is 5.69 Å². The van der Waals surface area contributed by atoms with E-state index in [2.05, 4.69) is 16.5 Å². The van der Waals surface area contributed by atoms with Crippen LogP contribution in [0.5, 0.6) is 0 Å². The highest BCUT2D eigenvalue weighted by Gasteiger charge is 2.08. The van der Waals surface area contributed by atoms with Crippen molar-refractivity contribution in [3.05, 3.63) is 57.0 Å². The average molecular weight is 294 g/mol. The van der Waals surface area contributed by atoms with Crippen LogP contribution in [0.15, 0.2) is 35.3 Å². The molecule has 1 aromatic carbocycles. The molecule has 0 radical (unpaired) electrons. The number of aromatic nitrogens is 2. The van der Waals surface area contributed by atoms with Crippen LogP contribution in [0.1, 0.15) is 11.1 Å². The predicted octanol–water partition coefficient (Wildman–Crippen LogP) is 1.81. The Morgan fingerprint density at radius 3 is 2.95 bits per heavy atom. The molecule has 1 heterocycles. The highest BCUT2D eigenvalue weighted by molar-refractivity contribution is 6.32. The molecule has 2 N–H and O–H groups in total. The molecule has 0 atom stereocenters. The minimum atomic E-state index is -0.407. The van der Waals surface area contributed by atoms with Gasteiger partial charge < -0.3 is 10.4 Å². The first-order valence-corrected chi connectivity index (χ1v) is 6.65. The molecular weight excluding hydrogens is 278 g/mol. The smallest absolute Gasteiger partial charge is 0.287 e. The Bertz CT molecular complexity index is 655. The number of nitrogens with one attached hydrogen (secondary N) is 1. The SMILES string of the molecule is Cc1cccc(CNc2cnn(CCO)c(=O)c2Cl)c1. The van der Waals surface area contributed by atoms with Crippen molar-refractivity contribution >= 4 is 17.3 Å². The Labute approximate surface area is 121 Å². The Morgan fingerprint density at radius 2 is 2.25 bits per heavy atom. The molecule has 2 aromatic rings. The third-order valence-corrected chi connectivity index (χ3v) is 3.23. The molecule has 0 saturated heterocycles. The fourth-order valence-electron chi connectivity index (χ4n) is 1.86. The number of hydrogen-bond donors (Lipinski definition) is 2. The molecule has 2 rings (SSSR count). The topological polar surface area (TPSA) is 67.2 Å². The van der Waals surface area contributed by atoms with Crippen LogP contribution in [0.25, 0.3) is 0 Å². The van der Waals surface area contributed by atoms with Crippen LogP contribution in [0, 0.1) is 6.92 Å². The highest BCUT2D eigenvalue weighted by atomic mass is 35.5. The van der Waals surface area contributed by atoms with Crippen molar-refractivity contribution in [2.24, 2.45) is 0 Å². The van der Waals surface area contributed by atoms with Gasteiger partial charge in [-0.15, -0.1) is 0 Å². The number of rotatable bonds is 5. The molecule has 0 aliphatic rings. The molecular formula is C14H16ClN3O2. The summed E-state index contributed by atoms with van der Waals surface area (Å²) in [5.74, 6) is 0. The van der Waals surface area contributed by atoms with Crippen molar-refractivity contribution in [1.82, 2.24) is 9.78 Å². The van der Waals surface area contributed by atoms with Gasteiger partial charge >= 0.3 is 0 Å². The molecule has 0 unspecified atom stereocenters. The molecule has 0 saturated carbocycles. The van der Waals surface area contributed by atoms with E-state index in [1.165, 1.54) is 11.8 Å². The summed E-state index contributed by atoms with van der Waals surface area (Å²) in [5.41, 5.74) is 2.36. The molecule has 0 fully saturated rings. The van der Waals surface area contributed by atoms with E-state index in [0.717, 1.165) is 10.2 Å². The second-order valence-electron chi connectivity index (χ2n) is 4.47. The first kappa shape index (κ1) is 14.6. The Kier molecular flexibility index (Phi) is 4.76. The quantitative estimate of drug-likeness (QED) is 0.882. The van der Waals surface area contributed by atoms with Gasteiger partial charge in [-0.1, -0.05) is 41.4 Å². The lowest BCUT2D eigenvalue weighted by atomic mass is 10.1. The van der Waals surface area contributed by atoms with E-state index in [9.17, 15) is 4.79 Å². The van der Waals surface area contributed by atoms with Crippen molar-refractivity contribution in [2.75, 3.05) is 11.9 Å². The summed E-state index contributed by atoms with van der Waals surface area (Å²) in [6.07, 6.45) is 1.50. The van der Waals surface area contributed by atoms with Crippen molar-refractivity contribution < 1.29 is 5.11 Å². The summed E-state index contributed by atoms with van der Waals surface area (Å²) in [6.45, 7) is 2.57. The van der Waals surface area contributed by atoms with Crippen LogP contribution in [0.2, 0.25) is 5.02 Å². The standard InChI is InChI=1S/C14H16ClN3O2/c1-10-3-2-4-11(7-10)8-16-12-9-17-18(5-6-19)14(20)13(12)15/h2-4,7,9,16,19H,5-6,8H2,1H3. The molecule has 0 bridgehead atoms. The number of halogens is 1. The zero-order valence-electron chi connectivity index (χ0n) is 11.1. The van der Waals surface area contributed by atoms with Crippen LogP contribution in [0.3, 0.4) is 0 Å². The molecule has 0 spiro atoms. The number of aliphatic hydroxyl groups excluding tert-OH is 1. The molecule has 6 heteroatoms. The number of benzene rings is 1. The lowest BCUT2D eigenvalue weighted by Crippen LogP contribution is -2.25. The predicted molar refractivity (Wildman–Crippen MR) is 79.1 cm³/mol. The van der Waals surface area contributed by atoms with Crippen LogP contribution >= 0.6 is 11.6 Å². The largest absolute Gasteiger partial charge is 0.394 e. The van der Waals surface area contributed by atoms with Gasteiger partial charge in [0.2, 0.25) is 0 Å². The molecule has 1 aromatic heterocycles. The molecule has 0 aliphatic carbocycles. The lowest BCUT2D eigenvalue weighted by Gasteiger charge is -2.10. The van der Waals surface area contributed by atoms with E-state index in [-0.39, 0.29) is 18.2 Å². The molecule has 106 valence electrons. The zero-order valence-corrected chi connectivity index (χ0v) is 11.9. The Hall–Kier alpha value is -1.85. The first-order valence-electron chi connectivity index (χ1n) is 6.27. The van der Waals surface area contributed by atoms with E-state index in [0.29, 0.717) is 12.2 Å². The summed E-state index contributed by atoms with van der Waals surface area (Å²) in [6, 6.07) is 8.05. The maximum atomic E-state index is 11.9. The van der Waals surface area contributed by atoms with Gasteiger partial charge in [0.05, 0.1) is 25.0 Å². The van der Waals surface area contributed by atoms with Gasteiger partial charge in [-0.2, -0.15) is 5.10 Å². The van der Waals surface area contributed by atoms with Crippen LogP contribution < -0.4 is 10.9 Å². The van der Waals surface area contributed by atoms with Gasteiger partial charge in [0.15, 0.2) is 0 Å². The number of hydrogen-bond acceptors (Lipinski definition) is 4. The van der Waals surface area contributed by atoms with Gasteiger partial charge in [0.1, 0.15) is 5.02 Å². The van der Waals surface area contributed by atoms with Gasteiger partial charge in [-0.25, -0.2) is 4.68 Å². The average Bonchev–Trinajstić information content (AvgIpc) is 2.43. The first-order chi connectivity index (χ1) is 9.61. The second-order valence-corrected chi connectivity index (χ2v) is 4.84. The normalized spacial score (nSPS) is 10.6. The van der Waals surface area contributed by atoms with E-state index >= 15 is 0 Å². The van der Waals surface area contributed by atoms with Gasteiger partial charge in [0, 0.05) is 6.54 Å².